The van der Waals surface area contributed by atoms with Gasteiger partial charge in [0.2, 0.25) is 5.91 Å². The lowest BCUT2D eigenvalue weighted by molar-refractivity contribution is -0.123. The zero-order chi connectivity index (χ0) is 19.6. The normalized spacial score (nSPS) is 22.6. The molecule has 0 aliphatic carbocycles. The number of carbonyl (C=O) groups excluding carboxylic acids is 1. The van der Waals surface area contributed by atoms with Crippen LogP contribution in [0, 0.1) is 17.8 Å². The predicted molar refractivity (Wildman–Crippen MR) is 113 cm³/mol. The Morgan fingerprint density at radius 3 is 2.56 bits per heavy atom. The van der Waals surface area contributed by atoms with Gasteiger partial charge in [0.25, 0.3) is 0 Å². The molecule has 6 nitrogen and oxygen atoms in total. The lowest BCUT2D eigenvalue weighted by Gasteiger charge is -2.30. The van der Waals surface area contributed by atoms with Crippen LogP contribution in [-0.2, 0) is 4.79 Å². The van der Waals surface area contributed by atoms with Crippen LogP contribution < -0.4 is 11.1 Å². The van der Waals surface area contributed by atoms with Gasteiger partial charge in [0.1, 0.15) is 0 Å². The summed E-state index contributed by atoms with van der Waals surface area (Å²) in [6.45, 7) is 14.0. The Morgan fingerprint density at radius 2 is 1.93 bits per heavy atom. The Labute approximate surface area is 165 Å². The van der Waals surface area contributed by atoms with Crippen LogP contribution in [0.5, 0.6) is 0 Å². The molecule has 3 N–H and O–H groups in total. The first-order valence-electron chi connectivity index (χ1n) is 11.0. The summed E-state index contributed by atoms with van der Waals surface area (Å²) in [7, 11) is 0. The molecule has 2 aliphatic rings. The first-order chi connectivity index (χ1) is 13.0. The summed E-state index contributed by atoms with van der Waals surface area (Å²) in [5.41, 5.74) is 5.41. The second-order valence-electron chi connectivity index (χ2n) is 8.69. The number of amides is 1. The molecule has 0 aromatic heterocycles. The minimum absolute atomic E-state index is 0.0912. The fraction of sp³-hybridized carbons (Fsp3) is 0.905. The summed E-state index contributed by atoms with van der Waals surface area (Å²) in [5.74, 6) is 2.66. The van der Waals surface area contributed by atoms with Gasteiger partial charge in [-0.15, -0.1) is 0 Å². The van der Waals surface area contributed by atoms with Gasteiger partial charge in [0.15, 0.2) is 5.96 Å². The second-order valence-corrected chi connectivity index (χ2v) is 8.69. The number of guanidine groups is 1. The van der Waals surface area contributed by atoms with Crippen LogP contribution in [0.1, 0.15) is 59.3 Å². The quantitative estimate of drug-likeness (QED) is 0.366. The van der Waals surface area contributed by atoms with E-state index in [1.807, 2.05) is 0 Å². The number of primary amides is 1. The van der Waals surface area contributed by atoms with Crippen molar-refractivity contribution in [2.24, 2.45) is 28.5 Å². The van der Waals surface area contributed by atoms with Crippen molar-refractivity contribution < 1.29 is 4.79 Å². The molecule has 0 saturated carbocycles. The van der Waals surface area contributed by atoms with Gasteiger partial charge in [-0.2, -0.15) is 0 Å². The number of aliphatic imine (C=N–C) groups is 1. The number of rotatable bonds is 9. The zero-order valence-corrected chi connectivity index (χ0v) is 17.8. The lowest BCUT2D eigenvalue weighted by Crippen LogP contribution is -2.40. The molecule has 1 unspecified atom stereocenters. The maximum atomic E-state index is 11.2. The van der Waals surface area contributed by atoms with Gasteiger partial charge in [-0.1, -0.05) is 13.8 Å². The monoisotopic (exact) mass is 379 g/mol. The van der Waals surface area contributed by atoms with E-state index >= 15 is 0 Å². The van der Waals surface area contributed by atoms with E-state index in [0.717, 1.165) is 82.9 Å². The highest BCUT2D eigenvalue weighted by atomic mass is 16.1. The Bertz CT molecular complexity index is 471. The number of likely N-dealkylation sites (tertiary alicyclic amines) is 2. The topological polar surface area (TPSA) is 74.0 Å². The van der Waals surface area contributed by atoms with Crippen molar-refractivity contribution in [3.8, 4) is 0 Å². The number of nitrogens with two attached hydrogens (primary N) is 1. The molecule has 2 fully saturated rings. The standard InChI is InChI=1S/C21H41N5O/c1-4-23-21(26-14-7-18(16-26)15-17(2)3)24-10-5-6-11-25-12-8-19(9-13-25)20(22)27/h17-19H,4-16H2,1-3H3,(H2,22,27)(H,23,24). The van der Waals surface area contributed by atoms with Crippen LogP contribution in [0.4, 0.5) is 0 Å². The molecule has 0 bridgehead atoms. The van der Waals surface area contributed by atoms with Crippen LogP contribution in [0.15, 0.2) is 4.99 Å². The Hall–Kier alpha value is -1.30. The van der Waals surface area contributed by atoms with Gasteiger partial charge in [0, 0.05) is 32.1 Å². The molecule has 0 aromatic rings. The number of nitrogens with zero attached hydrogens (tertiary/aromatic N) is 3. The number of piperidine rings is 1. The first kappa shape index (κ1) is 22.0. The average Bonchev–Trinajstić information content (AvgIpc) is 3.08. The summed E-state index contributed by atoms with van der Waals surface area (Å²) in [5, 5.41) is 3.48. The van der Waals surface area contributed by atoms with E-state index in [-0.39, 0.29) is 11.8 Å². The van der Waals surface area contributed by atoms with Crippen molar-refractivity contribution >= 4 is 11.9 Å². The number of hydrogen-bond donors (Lipinski definition) is 2. The van der Waals surface area contributed by atoms with Crippen LogP contribution in [0.25, 0.3) is 0 Å². The number of nitrogens with one attached hydrogen (secondary N) is 1. The van der Waals surface area contributed by atoms with Gasteiger partial charge >= 0.3 is 0 Å². The Kier molecular flexibility index (Phi) is 9.39. The molecule has 0 spiro atoms. The third kappa shape index (κ3) is 7.68. The minimum Gasteiger partial charge on any atom is -0.369 e. The summed E-state index contributed by atoms with van der Waals surface area (Å²) in [4.78, 5) is 21.0. The summed E-state index contributed by atoms with van der Waals surface area (Å²) in [6, 6.07) is 0. The molecule has 1 amide bonds. The van der Waals surface area contributed by atoms with E-state index in [4.69, 9.17) is 10.7 Å². The van der Waals surface area contributed by atoms with E-state index in [2.05, 4.69) is 35.9 Å². The number of carbonyl (C=O) groups is 1. The van der Waals surface area contributed by atoms with Gasteiger partial charge in [-0.25, -0.2) is 0 Å². The van der Waals surface area contributed by atoms with E-state index in [9.17, 15) is 4.79 Å². The highest BCUT2D eigenvalue weighted by Gasteiger charge is 2.25. The van der Waals surface area contributed by atoms with Crippen molar-refractivity contribution in [3.63, 3.8) is 0 Å². The van der Waals surface area contributed by atoms with Crippen molar-refractivity contribution in [3.05, 3.63) is 0 Å². The summed E-state index contributed by atoms with van der Waals surface area (Å²) in [6.07, 6.45) is 6.75. The fourth-order valence-electron chi connectivity index (χ4n) is 4.38. The Balaban J connectivity index is 1.66. The van der Waals surface area contributed by atoms with Crippen molar-refractivity contribution in [2.75, 3.05) is 45.8 Å². The van der Waals surface area contributed by atoms with Gasteiger partial charge in [0.05, 0.1) is 0 Å². The highest BCUT2D eigenvalue weighted by molar-refractivity contribution is 5.80. The van der Waals surface area contributed by atoms with E-state index in [1.54, 1.807) is 0 Å². The second kappa shape index (κ2) is 11.5. The molecule has 156 valence electrons. The van der Waals surface area contributed by atoms with Crippen LogP contribution >= 0.6 is 0 Å². The molecule has 0 radical (unpaired) electrons. The molecule has 2 saturated heterocycles. The Morgan fingerprint density at radius 1 is 1.19 bits per heavy atom. The third-order valence-electron chi connectivity index (χ3n) is 5.86. The molecule has 2 aliphatic heterocycles. The smallest absolute Gasteiger partial charge is 0.220 e. The SMILES string of the molecule is CCNC(=NCCCCN1CCC(C(N)=O)CC1)N1CCC(CC(C)C)C1. The molecule has 1 atom stereocenters. The van der Waals surface area contributed by atoms with Crippen molar-refractivity contribution in [2.45, 2.75) is 59.3 Å². The van der Waals surface area contributed by atoms with Crippen molar-refractivity contribution in [1.29, 1.82) is 0 Å². The van der Waals surface area contributed by atoms with E-state index in [1.165, 1.54) is 19.3 Å². The van der Waals surface area contributed by atoms with Crippen LogP contribution in [0.3, 0.4) is 0 Å². The lowest BCUT2D eigenvalue weighted by atomic mass is 9.96. The molecular formula is C21H41N5O. The van der Waals surface area contributed by atoms with Gasteiger partial charge in [-0.05, 0) is 76.9 Å². The molecule has 6 heteroatoms. The van der Waals surface area contributed by atoms with Gasteiger partial charge < -0.3 is 20.9 Å². The van der Waals surface area contributed by atoms with E-state index < -0.39 is 0 Å². The maximum absolute atomic E-state index is 11.2. The molecule has 2 rings (SSSR count). The highest BCUT2D eigenvalue weighted by Crippen LogP contribution is 2.23. The maximum Gasteiger partial charge on any atom is 0.220 e. The molecule has 2 heterocycles. The third-order valence-corrected chi connectivity index (χ3v) is 5.86. The van der Waals surface area contributed by atoms with Crippen LogP contribution in [-0.4, -0.2) is 67.5 Å². The van der Waals surface area contributed by atoms with E-state index in [0.29, 0.717) is 0 Å². The summed E-state index contributed by atoms with van der Waals surface area (Å²) >= 11 is 0. The molecule has 0 aromatic carbocycles. The summed E-state index contributed by atoms with van der Waals surface area (Å²) < 4.78 is 0. The number of hydrogen-bond acceptors (Lipinski definition) is 3. The largest absolute Gasteiger partial charge is 0.369 e. The van der Waals surface area contributed by atoms with Crippen LogP contribution in [0.2, 0.25) is 0 Å². The number of unbranched alkanes of at least 4 members (excludes halogenated alkanes) is 1. The first-order valence-corrected chi connectivity index (χ1v) is 11.0. The van der Waals surface area contributed by atoms with Gasteiger partial charge in [-0.3, -0.25) is 9.79 Å². The van der Waals surface area contributed by atoms with Crippen molar-refractivity contribution in [1.82, 2.24) is 15.1 Å². The molecule has 27 heavy (non-hydrogen) atoms. The zero-order valence-electron chi connectivity index (χ0n) is 17.8. The minimum atomic E-state index is -0.127. The predicted octanol–water partition coefficient (Wildman–Crippen LogP) is 2.30. The average molecular weight is 380 g/mol. The fourth-order valence-corrected chi connectivity index (χ4v) is 4.38. The molecular weight excluding hydrogens is 338 g/mol.